The van der Waals surface area contributed by atoms with Gasteiger partial charge in [0, 0.05) is 19.2 Å². The number of amides is 2. The Morgan fingerprint density at radius 3 is 2.42 bits per heavy atom. The number of nitrogens with zero attached hydrogens (tertiary/aromatic N) is 1. The topological polar surface area (TPSA) is 95.9 Å². The Morgan fingerprint density at radius 2 is 1.81 bits per heavy atom. The molecule has 1 aliphatic carbocycles. The average Bonchev–Trinajstić information content (AvgIpc) is 2.65. The molecule has 2 amide bonds. The summed E-state index contributed by atoms with van der Waals surface area (Å²) in [5, 5.41) is 11.3. The van der Waals surface area contributed by atoms with Gasteiger partial charge in [-0.15, -0.1) is 0 Å². The lowest BCUT2D eigenvalue weighted by Crippen LogP contribution is -2.38. The van der Waals surface area contributed by atoms with Crippen LogP contribution in [0.2, 0.25) is 0 Å². The molecule has 0 saturated heterocycles. The highest BCUT2D eigenvalue weighted by atomic mass is 16.5. The molecule has 0 aliphatic heterocycles. The number of carbonyl (C=O) groups is 3. The molecule has 0 radical (unpaired) electrons. The maximum atomic E-state index is 12.2. The molecule has 26 heavy (non-hydrogen) atoms. The van der Waals surface area contributed by atoms with Gasteiger partial charge < -0.3 is 20.1 Å². The molecule has 7 nitrogen and oxygen atoms in total. The van der Waals surface area contributed by atoms with Crippen LogP contribution in [0.4, 0.5) is 5.69 Å². The molecular weight excluding hydrogens is 336 g/mol. The number of hydrogen-bond donors (Lipinski definition) is 2. The standard InChI is InChI=1S/C19H26N2O5/c1-21(15-7-9-16(10-8-15)26-13-19(24)25)18(23)12-20-17(22)11-14-5-3-2-4-6-14/h7-10,14H,2-6,11-13H2,1H3,(H,20,22)(H,24,25). The third kappa shape index (κ3) is 6.38. The first-order valence-electron chi connectivity index (χ1n) is 8.93. The van der Waals surface area contributed by atoms with Crippen LogP contribution in [0, 0.1) is 5.92 Å². The van der Waals surface area contributed by atoms with Gasteiger partial charge >= 0.3 is 5.97 Å². The quantitative estimate of drug-likeness (QED) is 0.739. The van der Waals surface area contributed by atoms with Gasteiger partial charge in [-0.1, -0.05) is 19.3 Å². The van der Waals surface area contributed by atoms with Gasteiger partial charge in [0.2, 0.25) is 11.8 Å². The molecule has 1 saturated carbocycles. The van der Waals surface area contributed by atoms with Gasteiger partial charge in [-0.05, 0) is 43.0 Å². The van der Waals surface area contributed by atoms with Crippen LogP contribution in [0.5, 0.6) is 5.75 Å². The van der Waals surface area contributed by atoms with E-state index in [1.165, 1.54) is 24.2 Å². The molecule has 0 atom stereocenters. The minimum Gasteiger partial charge on any atom is -0.482 e. The Labute approximate surface area is 153 Å². The lowest BCUT2D eigenvalue weighted by molar-refractivity contribution is -0.139. The first-order chi connectivity index (χ1) is 12.5. The predicted molar refractivity (Wildman–Crippen MR) is 97.2 cm³/mol. The molecule has 2 rings (SSSR count). The maximum Gasteiger partial charge on any atom is 0.341 e. The summed E-state index contributed by atoms with van der Waals surface area (Å²) in [6, 6.07) is 6.53. The van der Waals surface area contributed by atoms with Crippen LogP contribution < -0.4 is 15.0 Å². The molecule has 142 valence electrons. The summed E-state index contributed by atoms with van der Waals surface area (Å²) in [6.07, 6.45) is 6.31. The number of rotatable bonds is 8. The Balaban J connectivity index is 1.77. The van der Waals surface area contributed by atoms with Crippen LogP contribution in [0.25, 0.3) is 0 Å². The molecule has 1 fully saturated rings. The Morgan fingerprint density at radius 1 is 1.15 bits per heavy atom. The van der Waals surface area contributed by atoms with Crippen molar-refractivity contribution in [1.82, 2.24) is 5.32 Å². The third-order valence-corrected chi connectivity index (χ3v) is 4.60. The molecule has 1 aliphatic rings. The molecular formula is C19H26N2O5. The number of nitrogens with one attached hydrogen (secondary N) is 1. The second kappa shape index (κ2) is 9.79. The highest BCUT2D eigenvalue weighted by Gasteiger charge is 2.18. The number of aliphatic carboxylic acids is 1. The second-order valence-electron chi connectivity index (χ2n) is 6.61. The number of carboxylic acids is 1. The van der Waals surface area contributed by atoms with E-state index in [0.717, 1.165) is 12.8 Å². The van der Waals surface area contributed by atoms with Gasteiger partial charge in [0.25, 0.3) is 0 Å². The van der Waals surface area contributed by atoms with E-state index in [9.17, 15) is 14.4 Å². The molecule has 0 spiro atoms. The van der Waals surface area contributed by atoms with E-state index in [2.05, 4.69) is 5.32 Å². The number of hydrogen-bond acceptors (Lipinski definition) is 4. The van der Waals surface area contributed by atoms with Crippen molar-refractivity contribution in [2.24, 2.45) is 5.92 Å². The summed E-state index contributed by atoms with van der Waals surface area (Å²) in [4.78, 5) is 36.2. The second-order valence-corrected chi connectivity index (χ2v) is 6.61. The van der Waals surface area contributed by atoms with Gasteiger partial charge in [0.15, 0.2) is 6.61 Å². The summed E-state index contributed by atoms with van der Waals surface area (Å²) in [6.45, 7) is -0.458. The molecule has 0 heterocycles. The van der Waals surface area contributed by atoms with E-state index in [0.29, 0.717) is 23.8 Å². The summed E-state index contributed by atoms with van der Waals surface area (Å²) in [5.74, 6) is -0.490. The van der Waals surface area contributed by atoms with E-state index >= 15 is 0 Å². The van der Waals surface area contributed by atoms with Crippen LogP contribution in [-0.2, 0) is 14.4 Å². The normalized spacial score (nSPS) is 14.5. The lowest BCUT2D eigenvalue weighted by Gasteiger charge is -2.21. The zero-order valence-corrected chi connectivity index (χ0v) is 15.1. The predicted octanol–water partition coefficient (Wildman–Crippen LogP) is 2.20. The first-order valence-corrected chi connectivity index (χ1v) is 8.93. The van der Waals surface area contributed by atoms with E-state index in [1.54, 1.807) is 31.3 Å². The fourth-order valence-electron chi connectivity index (χ4n) is 3.07. The summed E-state index contributed by atoms with van der Waals surface area (Å²) < 4.78 is 5.05. The van der Waals surface area contributed by atoms with Crippen molar-refractivity contribution in [2.75, 3.05) is 25.1 Å². The van der Waals surface area contributed by atoms with Crippen molar-refractivity contribution in [2.45, 2.75) is 38.5 Å². The Kier molecular flexibility index (Phi) is 7.44. The van der Waals surface area contributed by atoms with Crippen LogP contribution in [0.3, 0.4) is 0 Å². The molecule has 7 heteroatoms. The van der Waals surface area contributed by atoms with Crippen LogP contribution in [0.15, 0.2) is 24.3 Å². The first kappa shape index (κ1) is 19.8. The van der Waals surface area contributed by atoms with Crippen molar-refractivity contribution < 1.29 is 24.2 Å². The van der Waals surface area contributed by atoms with Crippen molar-refractivity contribution in [1.29, 1.82) is 0 Å². The third-order valence-electron chi connectivity index (χ3n) is 4.60. The van der Waals surface area contributed by atoms with Crippen molar-refractivity contribution in [3.8, 4) is 5.75 Å². The van der Waals surface area contributed by atoms with Crippen molar-refractivity contribution in [3.63, 3.8) is 0 Å². The largest absolute Gasteiger partial charge is 0.482 e. The lowest BCUT2D eigenvalue weighted by atomic mass is 9.87. The molecule has 0 bridgehead atoms. The molecule has 1 aromatic rings. The number of anilines is 1. The van der Waals surface area contributed by atoms with Crippen LogP contribution in [0.1, 0.15) is 38.5 Å². The minimum absolute atomic E-state index is 0.0423. The van der Waals surface area contributed by atoms with Crippen LogP contribution >= 0.6 is 0 Å². The zero-order chi connectivity index (χ0) is 18.9. The van der Waals surface area contributed by atoms with Crippen LogP contribution in [-0.4, -0.2) is 43.1 Å². The number of ether oxygens (including phenoxy) is 1. The molecule has 0 aromatic heterocycles. The summed E-state index contributed by atoms with van der Waals surface area (Å²) >= 11 is 0. The smallest absolute Gasteiger partial charge is 0.341 e. The van der Waals surface area contributed by atoms with E-state index in [1.807, 2.05) is 0 Å². The van der Waals surface area contributed by atoms with Gasteiger partial charge in [0.05, 0.1) is 6.54 Å². The highest BCUT2D eigenvalue weighted by Crippen LogP contribution is 2.26. The number of carboxylic acid groups (broad SMARTS) is 1. The van der Waals surface area contributed by atoms with E-state index in [-0.39, 0.29) is 18.4 Å². The molecule has 0 unspecified atom stereocenters. The van der Waals surface area contributed by atoms with Gasteiger partial charge in [-0.3, -0.25) is 9.59 Å². The minimum atomic E-state index is -1.05. The van der Waals surface area contributed by atoms with E-state index < -0.39 is 12.6 Å². The zero-order valence-electron chi connectivity index (χ0n) is 15.1. The molecule has 2 N–H and O–H groups in total. The number of likely N-dealkylation sites (N-methyl/N-ethyl adjacent to an activating group) is 1. The summed E-state index contributed by atoms with van der Waals surface area (Å²) in [5.41, 5.74) is 0.638. The monoisotopic (exact) mass is 362 g/mol. The van der Waals surface area contributed by atoms with Gasteiger partial charge in [-0.25, -0.2) is 4.79 Å². The highest BCUT2D eigenvalue weighted by molar-refractivity contribution is 5.96. The maximum absolute atomic E-state index is 12.2. The van der Waals surface area contributed by atoms with Crippen molar-refractivity contribution >= 4 is 23.5 Å². The fraction of sp³-hybridized carbons (Fsp3) is 0.526. The Hall–Kier alpha value is -2.57. The molecule has 1 aromatic carbocycles. The Bertz CT molecular complexity index is 623. The average molecular weight is 362 g/mol. The van der Waals surface area contributed by atoms with Gasteiger partial charge in [-0.2, -0.15) is 0 Å². The van der Waals surface area contributed by atoms with Gasteiger partial charge in [0.1, 0.15) is 5.75 Å². The SMILES string of the molecule is CN(C(=O)CNC(=O)CC1CCCCC1)c1ccc(OCC(=O)O)cc1. The van der Waals surface area contributed by atoms with E-state index in [4.69, 9.17) is 9.84 Å². The number of benzene rings is 1. The summed E-state index contributed by atoms with van der Waals surface area (Å²) in [7, 11) is 1.63. The van der Waals surface area contributed by atoms with Crippen molar-refractivity contribution in [3.05, 3.63) is 24.3 Å². The number of carbonyl (C=O) groups excluding carboxylic acids is 2. The fourth-order valence-corrected chi connectivity index (χ4v) is 3.07.